The lowest BCUT2D eigenvalue weighted by Gasteiger charge is -2.11. The summed E-state index contributed by atoms with van der Waals surface area (Å²) < 4.78 is 0. The van der Waals surface area contributed by atoms with Gasteiger partial charge >= 0.3 is 0 Å². The molecule has 0 saturated carbocycles. The van der Waals surface area contributed by atoms with Crippen molar-refractivity contribution in [2.75, 3.05) is 5.73 Å². The quantitative estimate of drug-likeness (QED) is 0.656. The topological polar surface area (TPSA) is 55.1 Å². The van der Waals surface area contributed by atoms with E-state index >= 15 is 0 Å². The molecule has 0 heterocycles. The largest absolute Gasteiger partial charge is 0.397 e. The number of terminal acetylenes is 1. The highest BCUT2D eigenvalue weighted by Crippen LogP contribution is 2.29. The van der Waals surface area contributed by atoms with Crippen LogP contribution in [0.2, 0.25) is 10.0 Å². The molecule has 1 amide bonds. The lowest BCUT2D eigenvalue weighted by Crippen LogP contribution is -2.33. The van der Waals surface area contributed by atoms with E-state index in [1.54, 1.807) is 0 Å². The van der Waals surface area contributed by atoms with E-state index < -0.39 is 0 Å². The number of hydrogen-bond acceptors (Lipinski definition) is 2. The summed E-state index contributed by atoms with van der Waals surface area (Å²) >= 11 is 11.6. The monoisotopic (exact) mass is 270 g/mol. The third-order valence-corrected chi connectivity index (χ3v) is 3.05. The first-order valence-electron chi connectivity index (χ1n) is 5.01. The molecule has 17 heavy (non-hydrogen) atoms. The van der Waals surface area contributed by atoms with Crippen LogP contribution < -0.4 is 11.1 Å². The highest BCUT2D eigenvalue weighted by Gasteiger charge is 2.13. The lowest BCUT2D eigenvalue weighted by atomic mass is 10.1. The van der Waals surface area contributed by atoms with Crippen LogP contribution in [0.1, 0.15) is 23.7 Å². The maximum Gasteiger partial charge on any atom is 0.252 e. The summed E-state index contributed by atoms with van der Waals surface area (Å²) in [5, 5.41) is 3.16. The number of rotatable bonds is 3. The van der Waals surface area contributed by atoms with E-state index in [9.17, 15) is 4.79 Å². The minimum Gasteiger partial charge on any atom is -0.397 e. The van der Waals surface area contributed by atoms with Gasteiger partial charge in [-0.3, -0.25) is 4.79 Å². The third kappa shape index (κ3) is 3.29. The normalized spacial score (nSPS) is 11.6. The van der Waals surface area contributed by atoms with Crippen molar-refractivity contribution in [2.45, 2.75) is 19.4 Å². The number of anilines is 1. The van der Waals surface area contributed by atoms with Crippen LogP contribution in [0.15, 0.2) is 12.1 Å². The van der Waals surface area contributed by atoms with Gasteiger partial charge in [-0.25, -0.2) is 0 Å². The van der Waals surface area contributed by atoms with E-state index in [-0.39, 0.29) is 27.7 Å². The molecule has 1 unspecified atom stereocenters. The molecule has 1 aromatic rings. The number of amides is 1. The summed E-state index contributed by atoms with van der Waals surface area (Å²) in [5.41, 5.74) is 6.22. The molecule has 0 aliphatic heterocycles. The first-order valence-corrected chi connectivity index (χ1v) is 5.76. The first kappa shape index (κ1) is 13.7. The van der Waals surface area contributed by atoms with Crippen LogP contribution in [0.25, 0.3) is 0 Å². The molecule has 0 aliphatic carbocycles. The van der Waals surface area contributed by atoms with Crippen molar-refractivity contribution < 1.29 is 4.79 Å². The van der Waals surface area contributed by atoms with Crippen LogP contribution in [0.4, 0.5) is 5.69 Å². The molecule has 0 spiro atoms. The van der Waals surface area contributed by atoms with Gasteiger partial charge in [0.15, 0.2) is 0 Å². The van der Waals surface area contributed by atoms with Gasteiger partial charge in [0, 0.05) is 5.56 Å². The fourth-order valence-corrected chi connectivity index (χ4v) is 1.58. The second-order valence-electron chi connectivity index (χ2n) is 3.46. The van der Waals surface area contributed by atoms with Crippen molar-refractivity contribution in [3.8, 4) is 12.3 Å². The number of nitrogen functional groups attached to an aromatic ring is 1. The van der Waals surface area contributed by atoms with Gasteiger partial charge in [0.25, 0.3) is 5.91 Å². The average molecular weight is 271 g/mol. The maximum atomic E-state index is 11.8. The predicted octanol–water partition coefficient (Wildman–Crippen LogP) is 2.72. The zero-order valence-electron chi connectivity index (χ0n) is 9.26. The van der Waals surface area contributed by atoms with Gasteiger partial charge in [0.1, 0.15) is 0 Å². The number of hydrogen-bond donors (Lipinski definition) is 2. The number of carbonyl (C=O) groups is 1. The van der Waals surface area contributed by atoms with Gasteiger partial charge in [-0.15, -0.1) is 6.42 Å². The Hall–Kier alpha value is -1.37. The summed E-state index contributed by atoms with van der Waals surface area (Å²) in [6, 6.07) is 2.61. The van der Waals surface area contributed by atoms with Crippen molar-refractivity contribution in [2.24, 2.45) is 0 Å². The Balaban J connectivity index is 2.95. The number of halogens is 2. The minimum absolute atomic E-state index is 0.241. The van der Waals surface area contributed by atoms with Crippen molar-refractivity contribution in [3.05, 3.63) is 27.7 Å². The molecule has 0 bridgehead atoms. The number of carbonyl (C=O) groups excluding carboxylic acids is 1. The molecule has 0 aromatic heterocycles. The van der Waals surface area contributed by atoms with Crippen LogP contribution in [0.5, 0.6) is 0 Å². The second-order valence-corrected chi connectivity index (χ2v) is 4.25. The van der Waals surface area contributed by atoms with E-state index in [0.29, 0.717) is 12.0 Å². The van der Waals surface area contributed by atoms with Crippen molar-refractivity contribution in [1.29, 1.82) is 0 Å². The van der Waals surface area contributed by atoms with E-state index in [4.69, 9.17) is 35.4 Å². The summed E-state index contributed by atoms with van der Waals surface area (Å²) in [7, 11) is 0. The Morgan fingerprint density at radius 2 is 2.24 bits per heavy atom. The van der Waals surface area contributed by atoms with Gasteiger partial charge in [-0.1, -0.05) is 36.0 Å². The predicted molar refractivity (Wildman–Crippen MR) is 71.3 cm³/mol. The van der Waals surface area contributed by atoms with E-state index in [1.807, 2.05) is 6.92 Å². The molecule has 5 heteroatoms. The van der Waals surface area contributed by atoms with Gasteiger partial charge in [0.2, 0.25) is 0 Å². The second kappa shape index (κ2) is 5.81. The van der Waals surface area contributed by atoms with Crippen LogP contribution in [0.3, 0.4) is 0 Å². The van der Waals surface area contributed by atoms with Gasteiger partial charge in [-0.2, -0.15) is 0 Å². The fraction of sp³-hybridized carbons (Fsp3) is 0.250. The molecule has 1 aromatic carbocycles. The lowest BCUT2D eigenvalue weighted by molar-refractivity contribution is 0.0945. The molecule has 0 saturated heterocycles. The Kier molecular flexibility index (Phi) is 4.68. The highest BCUT2D eigenvalue weighted by molar-refractivity contribution is 6.43. The van der Waals surface area contributed by atoms with Crippen molar-refractivity contribution in [1.82, 2.24) is 5.32 Å². The Morgan fingerprint density at radius 1 is 1.59 bits per heavy atom. The number of nitrogens with one attached hydrogen (secondary N) is 1. The molecular formula is C12H12Cl2N2O. The third-order valence-electron chi connectivity index (χ3n) is 2.23. The summed E-state index contributed by atoms with van der Waals surface area (Å²) in [5.74, 6) is 2.15. The van der Waals surface area contributed by atoms with Gasteiger partial charge in [0.05, 0.1) is 21.8 Å². The van der Waals surface area contributed by atoms with Crippen LogP contribution in [-0.2, 0) is 0 Å². The van der Waals surface area contributed by atoms with Crippen LogP contribution in [-0.4, -0.2) is 11.9 Å². The summed E-state index contributed by atoms with van der Waals surface area (Å²) in [6.07, 6.45) is 5.91. The number of benzene rings is 1. The molecule has 90 valence electrons. The molecule has 0 aliphatic rings. The molecule has 3 nitrogen and oxygen atoms in total. The van der Waals surface area contributed by atoms with Crippen LogP contribution >= 0.6 is 23.2 Å². The zero-order chi connectivity index (χ0) is 13.0. The summed E-state index contributed by atoms with van der Waals surface area (Å²) in [6.45, 7) is 1.88. The summed E-state index contributed by atoms with van der Waals surface area (Å²) in [4.78, 5) is 11.8. The van der Waals surface area contributed by atoms with E-state index in [1.165, 1.54) is 12.1 Å². The molecule has 1 rings (SSSR count). The average Bonchev–Trinajstić information content (AvgIpc) is 2.31. The molecule has 3 N–H and O–H groups in total. The molecule has 1 atom stereocenters. The first-order chi connectivity index (χ1) is 7.99. The Morgan fingerprint density at radius 3 is 2.71 bits per heavy atom. The molecule has 0 radical (unpaired) electrons. The smallest absolute Gasteiger partial charge is 0.252 e. The fourth-order valence-electron chi connectivity index (χ4n) is 1.24. The maximum absolute atomic E-state index is 11.8. The SMILES string of the molecule is C#CC(CC)NC(=O)c1cc(N)c(Cl)c(Cl)c1. The Labute approximate surface area is 110 Å². The van der Waals surface area contributed by atoms with E-state index in [0.717, 1.165) is 0 Å². The standard InChI is InChI=1S/C12H12Cl2N2O/c1-3-8(4-2)16-12(17)7-5-9(13)11(14)10(15)6-7/h1,5-6,8H,4,15H2,2H3,(H,16,17). The number of nitrogens with two attached hydrogens (primary N) is 1. The van der Waals surface area contributed by atoms with Gasteiger partial charge < -0.3 is 11.1 Å². The minimum atomic E-state index is -0.319. The van der Waals surface area contributed by atoms with Crippen LogP contribution in [0, 0.1) is 12.3 Å². The van der Waals surface area contributed by atoms with Gasteiger partial charge in [-0.05, 0) is 18.6 Å². The zero-order valence-corrected chi connectivity index (χ0v) is 10.8. The molecule has 0 fully saturated rings. The highest BCUT2D eigenvalue weighted by atomic mass is 35.5. The Bertz CT molecular complexity index is 457. The van der Waals surface area contributed by atoms with E-state index in [2.05, 4.69) is 11.2 Å². The van der Waals surface area contributed by atoms with Crippen molar-refractivity contribution in [3.63, 3.8) is 0 Å². The molecular weight excluding hydrogens is 259 g/mol. The van der Waals surface area contributed by atoms with Crippen molar-refractivity contribution >= 4 is 34.8 Å².